The molecule has 112 valence electrons. The largest absolute Gasteiger partial charge is 0.346 e. The molecule has 1 aliphatic heterocycles. The van der Waals surface area contributed by atoms with Gasteiger partial charge in [0.2, 0.25) is 0 Å². The standard InChI is InChI=1S/C17H28N2O/c1-11(2)18-14(5)10-16(15(18)6)17(20)19-12(3)8-7-9-13(19)4/h10-13H,7-9H2,1-6H3. The van der Waals surface area contributed by atoms with E-state index in [4.69, 9.17) is 0 Å². The highest BCUT2D eigenvalue weighted by molar-refractivity contribution is 5.96. The SMILES string of the molecule is Cc1cc(C(=O)N2C(C)CCCC2C)c(C)n1C(C)C. The Morgan fingerprint density at radius 3 is 2.20 bits per heavy atom. The quantitative estimate of drug-likeness (QED) is 0.798. The fraction of sp³-hybridized carbons (Fsp3) is 0.706. The van der Waals surface area contributed by atoms with Crippen LogP contribution in [0.25, 0.3) is 0 Å². The summed E-state index contributed by atoms with van der Waals surface area (Å²) in [5.74, 6) is 0.213. The summed E-state index contributed by atoms with van der Waals surface area (Å²) >= 11 is 0. The van der Waals surface area contributed by atoms with Crippen molar-refractivity contribution in [3.05, 3.63) is 23.0 Å². The Kier molecular flexibility index (Phi) is 4.26. The summed E-state index contributed by atoms with van der Waals surface area (Å²) in [5, 5.41) is 0. The molecular formula is C17H28N2O. The summed E-state index contributed by atoms with van der Waals surface area (Å²) in [7, 11) is 0. The maximum absolute atomic E-state index is 12.9. The van der Waals surface area contributed by atoms with Crippen molar-refractivity contribution in [1.82, 2.24) is 9.47 Å². The zero-order valence-corrected chi connectivity index (χ0v) is 13.7. The molecule has 1 aromatic rings. The molecule has 3 heteroatoms. The van der Waals surface area contributed by atoms with Gasteiger partial charge >= 0.3 is 0 Å². The molecule has 0 radical (unpaired) electrons. The second-order valence-corrected chi connectivity index (χ2v) is 6.59. The molecule has 1 saturated heterocycles. The van der Waals surface area contributed by atoms with Crippen molar-refractivity contribution in [1.29, 1.82) is 0 Å². The van der Waals surface area contributed by atoms with Gasteiger partial charge in [0.15, 0.2) is 0 Å². The monoisotopic (exact) mass is 276 g/mol. The van der Waals surface area contributed by atoms with Crippen LogP contribution in [0.4, 0.5) is 0 Å². The second-order valence-electron chi connectivity index (χ2n) is 6.59. The van der Waals surface area contributed by atoms with Crippen LogP contribution in [-0.4, -0.2) is 27.5 Å². The first-order valence-corrected chi connectivity index (χ1v) is 7.85. The van der Waals surface area contributed by atoms with Gasteiger partial charge in [0.25, 0.3) is 5.91 Å². The van der Waals surface area contributed by atoms with Gasteiger partial charge in [-0.15, -0.1) is 0 Å². The maximum atomic E-state index is 12.9. The van der Waals surface area contributed by atoms with Crippen LogP contribution in [0.5, 0.6) is 0 Å². The predicted octanol–water partition coefficient (Wildman–Crippen LogP) is 4.09. The number of likely N-dealkylation sites (tertiary alicyclic amines) is 1. The zero-order chi connectivity index (χ0) is 15.0. The van der Waals surface area contributed by atoms with E-state index in [1.165, 1.54) is 12.1 Å². The highest BCUT2D eigenvalue weighted by Crippen LogP contribution is 2.27. The van der Waals surface area contributed by atoms with E-state index in [0.29, 0.717) is 18.1 Å². The van der Waals surface area contributed by atoms with E-state index >= 15 is 0 Å². The van der Waals surface area contributed by atoms with Crippen LogP contribution in [-0.2, 0) is 0 Å². The van der Waals surface area contributed by atoms with E-state index < -0.39 is 0 Å². The summed E-state index contributed by atoms with van der Waals surface area (Å²) < 4.78 is 2.26. The normalized spacial score (nSPS) is 23.4. The molecule has 1 aliphatic rings. The number of aromatic nitrogens is 1. The number of hydrogen-bond donors (Lipinski definition) is 0. The predicted molar refractivity (Wildman–Crippen MR) is 83.2 cm³/mol. The Labute approximate surface area is 123 Å². The van der Waals surface area contributed by atoms with E-state index in [1.54, 1.807) is 0 Å². The van der Waals surface area contributed by atoms with Crippen molar-refractivity contribution in [3.8, 4) is 0 Å². The lowest BCUT2D eigenvalue weighted by Crippen LogP contribution is -2.47. The maximum Gasteiger partial charge on any atom is 0.256 e. The van der Waals surface area contributed by atoms with Gasteiger partial charge in [0, 0.05) is 29.5 Å². The van der Waals surface area contributed by atoms with Crippen molar-refractivity contribution in [2.24, 2.45) is 0 Å². The van der Waals surface area contributed by atoms with Crippen LogP contribution in [0.2, 0.25) is 0 Å². The molecule has 2 heterocycles. The minimum Gasteiger partial charge on any atom is -0.346 e. The Morgan fingerprint density at radius 1 is 1.20 bits per heavy atom. The van der Waals surface area contributed by atoms with Crippen LogP contribution in [0.1, 0.15) is 74.7 Å². The van der Waals surface area contributed by atoms with Crippen molar-refractivity contribution in [3.63, 3.8) is 0 Å². The van der Waals surface area contributed by atoms with Crippen LogP contribution < -0.4 is 0 Å². The van der Waals surface area contributed by atoms with E-state index in [2.05, 4.69) is 57.1 Å². The van der Waals surface area contributed by atoms with Gasteiger partial charge in [0.1, 0.15) is 0 Å². The molecule has 1 fully saturated rings. The summed E-state index contributed by atoms with van der Waals surface area (Å²) in [6, 6.07) is 3.17. The van der Waals surface area contributed by atoms with Crippen molar-refractivity contribution >= 4 is 5.91 Å². The molecule has 2 unspecified atom stereocenters. The Bertz CT molecular complexity index is 491. The number of amides is 1. The number of aryl methyl sites for hydroxylation is 1. The molecule has 1 amide bonds. The third-order valence-corrected chi connectivity index (χ3v) is 4.66. The number of carbonyl (C=O) groups is 1. The van der Waals surface area contributed by atoms with Gasteiger partial charge in [-0.25, -0.2) is 0 Å². The third-order valence-electron chi connectivity index (χ3n) is 4.66. The topological polar surface area (TPSA) is 25.2 Å². The zero-order valence-electron chi connectivity index (χ0n) is 13.7. The van der Waals surface area contributed by atoms with Gasteiger partial charge in [-0.3, -0.25) is 4.79 Å². The Balaban J connectivity index is 2.36. The molecule has 1 aromatic heterocycles. The number of carbonyl (C=O) groups excluding carboxylic acids is 1. The minimum absolute atomic E-state index is 0.213. The van der Waals surface area contributed by atoms with Gasteiger partial charge in [-0.1, -0.05) is 0 Å². The molecule has 20 heavy (non-hydrogen) atoms. The van der Waals surface area contributed by atoms with Gasteiger partial charge in [0.05, 0.1) is 5.56 Å². The fourth-order valence-electron chi connectivity index (χ4n) is 3.75. The average molecular weight is 276 g/mol. The molecule has 0 aliphatic carbocycles. The first-order chi connectivity index (χ1) is 9.34. The van der Waals surface area contributed by atoms with E-state index in [1.807, 2.05) is 0 Å². The first kappa shape index (κ1) is 15.1. The van der Waals surface area contributed by atoms with Crippen LogP contribution in [0, 0.1) is 13.8 Å². The molecule has 0 aromatic carbocycles. The number of nitrogens with zero attached hydrogens (tertiary/aromatic N) is 2. The molecule has 3 nitrogen and oxygen atoms in total. The third kappa shape index (κ3) is 2.50. The Hall–Kier alpha value is -1.25. The molecule has 0 N–H and O–H groups in total. The van der Waals surface area contributed by atoms with Crippen molar-refractivity contribution in [2.45, 2.75) is 78.9 Å². The van der Waals surface area contributed by atoms with Gasteiger partial charge in [-0.2, -0.15) is 0 Å². The smallest absolute Gasteiger partial charge is 0.256 e. The van der Waals surface area contributed by atoms with E-state index in [-0.39, 0.29) is 5.91 Å². The summed E-state index contributed by atoms with van der Waals surface area (Å²) in [6.45, 7) is 12.8. The van der Waals surface area contributed by atoms with Crippen LogP contribution in [0.15, 0.2) is 6.07 Å². The molecule has 0 spiro atoms. The lowest BCUT2D eigenvalue weighted by atomic mass is 9.96. The van der Waals surface area contributed by atoms with Crippen LogP contribution >= 0.6 is 0 Å². The molecule has 0 saturated carbocycles. The molecule has 2 atom stereocenters. The van der Waals surface area contributed by atoms with E-state index in [9.17, 15) is 4.79 Å². The van der Waals surface area contributed by atoms with Gasteiger partial charge < -0.3 is 9.47 Å². The molecule has 2 rings (SSSR count). The summed E-state index contributed by atoms with van der Waals surface area (Å²) in [4.78, 5) is 15.0. The summed E-state index contributed by atoms with van der Waals surface area (Å²) in [5.41, 5.74) is 3.17. The second kappa shape index (κ2) is 5.63. The minimum atomic E-state index is 0.213. The first-order valence-electron chi connectivity index (χ1n) is 7.85. The van der Waals surface area contributed by atoms with Crippen LogP contribution in [0.3, 0.4) is 0 Å². The fourth-order valence-corrected chi connectivity index (χ4v) is 3.75. The highest BCUT2D eigenvalue weighted by atomic mass is 16.2. The van der Waals surface area contributed by atoms with Gasteiger partial charge in [-0.05, 0) is 66.9 Å². The lowest BCUT2D eigenvalue weighted by Gasteiger charge is -2.39. The summed E-state index contributed by atoms with van der Waals surface area (Å²) in [6.07, 6.45) is 3.48. The van der Waals surface area contributed by atoms with E-state index in [0.717, 1.165) is 24.1 Å². The lowest BCUT2D eigenvalue weighted by molar-refractivity contribution is 0.0510. The molecular weight excluding hydrogens is 248 g/mol. The highest BCUT2D eigenvalue weighted by Gasteiger charge is 2.31. The van der Waals surface area contributed by atoms with Crippen molar-refractivity contribution in [2.75, 3.05) is 0 Å². The Morgan fingerprint density at radius 2 is 1.75 bits per heavy atom. The average Bonchev–Trinajstić information content (AvgIpc) is 2.64. The van der Waals surface area contributed by atoms with Crippen molar-refractivity contribution < 1.29 is 4.79 Å². The molecule has 0 bridgehead atoms. The number of hydrogen-bond acceptors (Lipinski definition) is 1. The number of rotatable bonds is 2. The number of piperidine rings is 1.